The standard InChI is InChI=1S/C17H24N2O4.ClH/c1-22-15-5-3-13(9-14(15)17(21)23-2)11-19-16(20)6-4-12-7-8-18-10-12;/h3,5,9,12,18H,4,6-8,10-11H2,1-2H3,(H,19,20);1H. The van der Waals surface area contributed by atoms with Gasteiger partial charge in [-0.15, -0.1) is 12.4 Å². The first-order valence-corrected chi connectivity index (χ1v) is 7.86. The molecule has 0 aliphatic carbocycles. The third-order valence-corrected chi connectivity index (χ3v) is 4.10. The van der Waals surface area contributed by atoms with E-state index in [1.165, 1.54) is 14.2 Å². The van der Waals surface area contributed by atoms with E-state index in [0.717, 1.165) is 31.5 Å². The Balaban J connectivity index is 0.00000288. The van der Waals surface area contributed by atoms with E-state index in [2.05, 4.69) is 10.6 Å². The van der Waals surface area contributed by atoms with E-state index in [0.29, 0.717) is 30.2 Å². The first-order valence-electron chi connectivity index (χ1n) is 7.86. The molecule has 1 unspecified atom stereocenters. The minimum atomic E-state index is -0.455. The molecule has 1 fully saturated rings. The Morgan fingerprint density at radius 3 is 2.75 bits per heavy atom. The van der Waals surface area contributed by atoms with Crippen LogP contribution in [0.25, 0.3) is 0 Å². The maximum Gasteiger partial charge on any atom is 0.341 e. The smallest absolute Gasteiger partial charge is 0.341 e. The van der Waals surface area contributed by atoms with Gasteiger partial charge in [-0.1, -0.05) is 6.07 Å². The number of hydrogen-bond donors (Lipinski definition) is 2. The maximum absolute atomic E-state index is 11.9. The lowest BCUT2D eigenvalue weighted by molar-refractivity contribution is -0.121. The molecule has 1 heterocycles. The van der Waals surface area contributed by atoms with Crippen molar-refractivity contribution in [3.63, 3.8) is 0 Å². The summed E-state index contributed by atoms with van der Waals surface area (Å²) in [5.41, 5.74) is 1.20. The van der Waals surface area contributed by atoms with E-state index in [1.54, 1.807) is 12.1 Å². The Kier molecular flexibility index (Phi) is 8.57. The molecule has 1 aliphatic rings. The molecule has 0 saturated carbocycles. The number of ether oxygens (including phenoxy) is 2. The molecule has 24 heavy (non-hydrogen) atoms. The number of benzene rings is 1. The van der Waals surface area contributed by atoms with Crippen molar-refractivity contribution < 1.29 is 19.1 Å². The van der Waals surface area contributed by atoms with Crippen molar-refractivity contribution in [2.45, 2.75) is 25.8 Å². The Morgan fingerprint density at radius 1 is 1.33 bits per heavy atom. The predicted octanol–water partition coefficient (Wildman–Crippen LogP) is 1.91. The summed E-state index contributed by atoms with van der Waals surface area (Å²) in [5, 5.41) is 6.19. The zero-order valence-electron chi connectivity index (χ0n) is 14.1. The van der Waals surface area contributed by atoms with Gasteiger partial charge in [0.05, 0.1) is 14.2 Å². The molecule has 6 nitrogen and oxygen atoms in total. The Hall–Kier alpha value is -1.79. The highest BCUT2D eigenvalue weighted by molar-refractivity contribution is 5.92. The maximum atomic E-state index is 11.9. The number of hydrogen-bond acceptors (Lipinski definition) is 5. The van der Waals surface area contributed by atoms with Crippen LogP contribution in [-0.4, -0.2) is 39.2 Å². The van der Waals surface area contributed by atoms with Crippen LogP contribution in [0.4, 0.5) is 0 Å². The Labute approximate surface area is 148 Å². The molecule has 2 rings (SSSR count). The fourth-order valence-corrected chi connectivity index (χ4v) is 2.72. The summed E-state index contributed by atoms with van der Waals surface area (Å²) in [4.78, 5) is 23.7. The van der Waals surface area contributed by atoms with Crippen LogP contribution in [0.5, 0.6) is 5.75 Å². The summed E-state index contributed by atoms with van der Waals surface area (Å²) in [6.45, 7) is 2.44. The molecule has 1 aromatic carbocycles. The normalized spacial score (nSPS) is 16.2. The zero-order chi connectivity index (χ0) is 16.7. The molecule has 0 bridgehead atoms. The lowest BCUT2D eigenvalue weighted by Crippen LogP contribution is -2.23. The van der Waals surface area contributed by atoms with Crippen LogP contribution in [0.15, 0.2) is 18.2 Å². The lowest BCUT2D eigenvalue weighted by Gasteiger charge is -2.11. The van der Waals surface area contributed by atoms with Crippen LogP contribution in [0.1, 0.15) is 35.2 Å². The zero-order valence-corrected chi connectivity index (χ0v) is 14.9. The van der Waals surface area contributed by atoms with E-state index < -0.39 is 5.97 Å². The summed E-state index contributed by atoms with van der Waals surface area (Å²) >= 11 is 0. The third-order valence-electron chi connectivity index (χ3n) is 4.10. The highest BCUT2D eigenvalue weighted by atomic mass is 35.5. The van der Waals surface area contributed by atoms with Crippen molar-refractivity contribution in [3.05, 3.63) is 29.3 Å². The van der Waals surface area contributed by atoms with Crippen LogP contribution in [0.2, 0.25) is 0 Å². The second-order valence-electron chi connectivity index (χ2n) is 5.70. The van der Waals surface area contributed by atoms with Crippen LogP contribution < -0.4 is 15.4 Å². The van der Waals surface area contributed by atoms with Crippen LogP contribution in [-0.2, 0) is 16.1 Å². The number of carbonyl (C=O) groups is 2. The molecule has 1 aliphatic heterocycles. The molecule has 0 radical (unpaired) electrons. The van der Waals surface area contributed by atoms with Crippen LogP contribution in [0, 0.1) is 5.92 Å². The van der Waals surface area contributed by atoms with Gasteiger partial charge in [-0.25, -0.2) is 4.79 Å². The van der Waals surface area contributed by atoms with Crippen molar-refractivity contribution in [1.29, 1.82) is 0 Å². The van der Waals surface area contributed by atoms with Crippen LogP contribution in [0.3, 0.4) is 0 Å². The number of rotatable bonds is 7. The Bertz CT molecular complexity index is 560. The van der Waals surface area contributed by atoms with E-state index >= 15 is 0 Å². The molecule has 0 spiro atoms. The molecule has 134 valence electrons. The number of esters is 1. The van der Waals surface area contributed by atoms with Gasteiger partial charge >= 0.3 is 5.97 Å². The summed E-state index contributed by atoms with van der Waals surface area (Å²) in [7, 11) is 2.83. The lowest BCUT2D eigenvalue weighted by atomic mass is 10.0. The second kappa shape index (κ2) is 10.2. The van der Waals surface area contributed by atoms with Crippen molar-refractivity contribution in [2.24, 2.45) is 5.92 Å². The number of amides is 1. The average Bonchev–Trinajstić information content (AvgIpc) is 3.10. The van der Waals surface area contributed by atoms with Gasteiger partial charge < -0.3 is 20.1 Å². The van der Waals surface area contributed by atoms with Gasteiger partial charge in [-0.2, -0.15) is 0 Å². The first kappa shape index (κ1) is 20.3. The molecule has 0 aromatic heterocycles. The first-order chi connectivity index (χ1) is 11.1. The van der Waals surface area contributed by atoms with E-state index in [1.807, 2.05) is 6.07 Å². The fourth-order valence-electron chi connectivity index (χ4n) is 2.72. The monoisotopic (exact) mass is 356 g/mol. The molecule has 1 amide bonds. The van der Waals surface area contributed by atoms with E-state index in [4.69, 9.17) is 9.47 Å². The van der Waals surface area contributed by atoms with Gasteiger partial charge in [0, 0.05) is 13.0 Å². The fraction of sp³-hybridized carbons (Fsp3) is 0.529. The van der Waals surface area contributed by atoms with Crippen molar-refractivity contribution in [2.75, 3.05) is 27.3 Å². The summed E-state index contributed by atoms with van der Waals surface area (Å²) in [6.07, 6.45) is 2.59. The van der Waals surface area contributed by atoms with Crippen LogP contribution >= 0.6 is 12.4 Å². The second-order valence-corrected chi connectivity index (χ2v) is 5.70. The number of nitrogens with one attached hydrogen (secondary N) is 2. The molecule has 7 heteroatoms. The van der Waals surface area contributed by atoms with Crippen molar-refractivity contribution in [3.8, 4) is 5.75 Å². The largest absolute Gasteiger partial charge is 0.496 e. The highest BCUT2D eigenvalue weighted by Crippen LogP contribution is 2.21. The third kappa shape index (κ3) is 5.69. The minimum Gasteiger partial charge on any atom is -0.496 e. The Morgan fingerprint density at radius 2 is 2.12 bits per heavy atom. The van der Waals surface area contributed by atoms with E-state index in [-0.39, 0.29) is 18.3 Å². The minimum absolute atomic E-state index is 0. The molecule has 1 saturated heterocycles. The number of halogens is 1. The van der Waals surface area contributed by atoms with Gasteiger partial charge in [-0.05, 0) is 49.5 Å². The van der Waals surface area contributed by atoms with Crippen molar-refractivity contribution in [1.82, 2.24) is 10.6 Å². The summed E-state index contributed by atoms with van der Waals surface area (Å²) < 4.78 is 9.89. The van der Waals surface area contributed by atoms with Gasteiger partial charge in [0.25, 0.3) is 0 Å². The van der Waals surface area contributed by atoms with Gasteiger partial charge in [0.2, 0.25) is 5.91 Å². The van der Waals surface area contributed by atoms with E-state index in [9.17, 15) is 9.59 Å². The topological polar surface area (TPSA) is 76.7 Å². The summed E-state index contributed by atoms with van der Waals surface area (Å²) in [5.74, 6) is 0.643. The molecular weight excluding hydrogens is 332 g/mol. The highest BCUT2D eigenvalue weighted by Gasteiger charge is 2.16. The molecule has 2 N–H and O–H groups in total. The molecular formula is C17H25ClN2O4. The SMILES string of the molecule is COC(=O)c1cc(CNC(=O)CCC2CCNC2)ccc1OC.Cl. The average molecular weight is 357 g/mol. The van der Waals surface area contributed by atoms with Gasteiger partial charge in [0.15, 0.2) is 0 Å². The summed E-state index contributed by atoms with van der Waals surface area (Å²) in [6, 6.07) is 5.22. The number of carbonyl (C=O) groups excluding carboxylic acids is 2. The predicted molar refractivity (Wildman–Crippen MR) is 93.6 cm³/mol. The quantitative estimate of drug-likeness (QED) is 0.730. The molecule has 1 atom stereocenters. The van der Waals surface area contributed by atoms with Gasteiger partial charge in [-0.3, -0.25) is 4.79 Å². The van der Waals surface area contributed by atoms with Gasteiger partial charge in [0.1, 0.15) is 11.3 Å². The van der Waals surface area contributed by atoms with Crippen molar-refractivity contribution >= 4 is 24.3 Å². The number of methoxy groups -OCH3 is 2. The molecule has 1 aromatic rings.